The Morgan fingerprint density at radius 2 is 1.62 bits per heavy atom. The molecule has 2 aromatic carbocycles. The van der Waals surface area contributed by atoms with Crippen molar-refractivity contribution in [1.29, 1.82) is 0 Å². The van der Waals surface area contributed by atoms with Crippen molar-refractivity contribution in [2.45, 2.75) is 25.4 Å². The van der Waals surface area contributed by atoms with E-state index in [1.54, 1.807) is 0 Å². The highest BCUT2D eigenvalue weighted by atomic mass is 16.5. The molecule has 0 saturated heterocycles. The standard InChI is InChI=1S/C24H22N2O6/c1-14(23(28)29)26-22(27)21-11-10-15(32-21)12-25-24(30)31-13-20-18-8-4-2-6-16(18)17-7-3-5-9-19(17)20/h2-11,14,20H,12-13H2,1H3,(H,25,30)(H,26,27)(H,28,29)/t14-/m0/s1. The van der Waals surface area contributed by atoms with Crippen LogP contribution in [0.1, 0.15) is 40.3 Å². The van der Waals surface area contributed by atoms with E-state index in [0.717, 1.165) is 22.3 Å². The first-order valence-corrected chi connectivity index (χ1v) is 10.1. The largest absolute Gasteiger partial charge is 0.480 e. The zero-order chi connectivity index (χ0) is 22.7. The fraction of sp³-hybridized carbons (Fsp3) is 0.208. The van der Waals surface area contributed by atoms with Gasteiger partial charge in [0, 0.05) is 5.92 Å². The average molecular weight is 434 g/mol. The van der Waals surface area contributed by atoms with E-state index in [-0.39, 0.29) is 24.8 Å². The third-order valence-electron chi connectivity index (χ3n) is 5.35. The summed E-state index contributed by atoms with van der Waals surface area (Å²) in [5.74, 6) is -1.54. The Balaban J connectivity index is 1.32. The number of amides is 2. The molecule has 0 unspecified atom stereocenters. The van der Waals surface area contributed by atoms with Crippen molar-refractivity contribution in [3.63, 3.8) is 0 Å². The molecule has 1 aromatic heterocycles. The van der Waals surface area contributed by atoms with Gasteiger partial charge in [-0.25, -0.2) is 4.79 Å². The minimum atomic E-state index is -1.15. The molecule has 4 rings (SSSR count). The zero-order valence-corrected chi connectivity index (χ0v) is 17.3. The second kappa shape index (κ2) is 8.97. The number of benzene rings is 2. The lowest BCUT2D eigenvalue weighted by molar-refractivity contribution is -0.138. The Bertz CT molecular complexity index is 1120. The van der Waals surface area contributed by atoms with Gasteiger partial charge in [-0.2, -0.15) is 0 Å². The van der Waals surface area contributed by atoms with Crippen molar-refractivity contribution in [2.75, 3.05) is 6.61 Å². The molecule has 0 fully saturated rings. The molecule has 1 aliphatic rings. The molecule has 0 saturated carbocycles. The van der Waals surface area contributed by atoms with E-state index in [0.29, 0.717) is 5.76 Å². The van der Waals surface area contributed by atoms with Gasteiger partial charge in [-0.15, -0.1) is 0 Å². The molecule has 2 amide bonds. The summed E-state index contributed by atoms with van der Waals surface area (Å²) in [6.07, 6.45) is -0.603. The molecule has 0 spiro atoms. The number of ether oxygens (including phenoxy) is 1. The summed E-state index contributed by atoms with van der Waals surface area (Å²) in [6, 6.07) is 18.0. The monoisotopic (exact) mass is 434 g/mol. The van der Waals surface area contributed by atoms with Crippen LogP contribution in [0.3, 0.4) is 0 Å². The van der Waals surface area contributed by atoms with E-state index in [1.165, 1.54) is 19.1 Å². The molecule has 3 aromatic rings. The average Bonchev–Trinajstić information content (AvgIpc) is 3.39. The van der Waals surface area contributed by atoms with E-state index < -0.39 is 24.0 Å². The summed E-state index contributed by atoms with van der Waals surface area (Å²) < 4.78 is 10.8. The first-order valence-electron chi connectivity index (χ1n) is 10.1. The van der Waals surface area contributed by atoms with E-state index in [4.69, 9.17) is 14.3 Å². The molecule has 8 nitrogen and oxygen atoms in total. The topological polar surface area (TPSA) is 118 Å². The Morgan fingerprint density at radius 3 is 2.25 bits per heavy atom. The van der Waals surface area contributed by atoms with Gasteiger partial charge in [0.25, 0.3) is 5.91 Å². The van der Waals surface area contributed by atoms with E-state index in [2.05, 4.69) is 22.8 Å². The normalized spacial score (nSPS) is 13.0. The number of alkyl carbamates (subject to hydrolysis) is 1. The van der Waals surface area contributed by atoms with Crippen LogP contribution in [-0.2, 0) is 16.1 Å². The van der Waals surface area contributed by atoms with Crippen LogP contribution in [0.25, 0.3) is 11.1 Å². The van der Waals surface area contributed by atoms with Crippen LogP contribution < -0.4 is 10.6 Å². The van der Waals surface area contributed by atoms with E-state index in [9.17, 15) is 14.4 Å². The fourth-order valence-corrected chi connectivity index (χ4v) is 3.73. The summed E-state index contributed by atoms with van der Waals surface area (Å²) in [5, 5.41) is 13.8. The highest BCUT2D eigenvalue weighted by molar-refractivity contribution is 5.94. The zero-order valence-electron chi connectivity index (χ0n) is 17.3. The van der Waals surface area contributed by atoms with Gasteiger partial charge in [-0.3, -0.25) is 9.59 Å². The third kappa shape index (κ3) is 4.34. The van der Waals surface area contributed by atoms with Crippen molar-refractivity contribution in [1.82, 2.24) is 10.6 Å². The predicted molar refractivity (Wildman–Crippen MR) is 115 cm³/mol. The summed E-state index contributed by atoms with van der Waals surface area (Å²) in [7, 11) is 0. The van der Waals surface area contributed by atoms with Crippen LogP contribution in [0.2, 0.25) is 0 Å². The number of hydrogen-bond acceptors (Lipinski definition) is 5. The molecule has 1 aliphatic carbocycles. The number of carbonyl (C=O) groups is 3. The second-order valence-corrected chi connectivity index (χ2v) is 7.48. The molecule has 3 N–H and O–H groups in total. The van der Waals surface area contributed by atoms with Gasteiger partial charge < -0.3 is 24.9 Å². The first kappa shape index (κ1) is 21.2. The van der Waals surface area contributed by atoms with Crippen LogP contribution in [0, 0.1) is 0 Å². The van der Waals surface area contributed by atoms with Gasteiger partial charge in [0.2, 0.25) is 0 Å². The summed E-state index contributed by atoms with van der Waals surface area (Å²) in [5.41, 5.74) is 4.55. The second-order valence-electron chi connectivity index (χ2n) is 7.48. The van der Waals surface area contributed by atoms with E-state index in [1.807, 2.05) is 36.4 Å². The molecule has 32 heavy (non-hydrogen) atoms. The molecule has 8 heteroatoms. The number of hydrogen-bond donors (Lipinski definition) is 3. The first-order chi connectivity index (χ1) is 15.4. The lowest BCUT2D eigenvalue weighted by Crippen LogP contribution is -2.38. The minimum Gasteiger partial charge on any atom is -0.480 e. The van der Waals surface area contributed by atoms with Gasteiger partial charge in [-0.05, 0) is 41.3 Å². The minimum absolute atomic E-state index is 0.0262. The smallest absolute Gasteiger partial charge is 0.407 e. The number of aliphatic carboxylic acids is 1. The van der Waals surface area contributed by atoms with Gasteiger partial charge in [0.05, 0.1) is 6.54 Å². The molecule has 1 heterocycles. The quantitative estimate of drug-likeness (QED) is 0.524. The molecule has 0 bridgehead atoms. The lowest BCUT2D eigenvalue weighted by atomic mass is 9.98. The highest BCUT2D eigenvalue weighted by Crippen LogP contribution is 2.44. The number of carboxylic acid groups (broad SMARTS) is 1. The molecular formula is C24H22N2O6. The number of fused-ring (bicyclic) bond motifs is 3. The molecular weight excluding hydrogens is 412 g/mol. The maximum Gasteiger partial charge on any atom is 0.407 e. The van der Waals surface area contributed by atoms with Crippen LogP contribution in [0.5, 0.6) is 0 Å². The maximum absolute atomic E-state index is 12.2. The number of furan rings is 1. The van der Waals surface area contributed by atoms with Crippen LogP contribution >= 0.6 is 0 Å². The number of rotatable bonds is 7. The Kier molecular flexibility index (Phi) is 5.93. The molecule has 0 radical (unpaired) electrons. The van der Waals surface area contributed by atoms with Crippen molar-refractivity contribution in [2.24, 2.45) is 0 Å². The van der Waals surface area contributed by atoms with Crippen molar-refractivity contribution >= 4 is 18.0 Å². The maximum atomic E-state index is 12.2. The summed E-state index contributed by atoms with van der Waals surface area (Å²) in [6.45, 7) is 1.57. The summed E-state index contributed by atoms with van der Waals surface area (Å²) >= 11 is 0. The van der Waals surface area contributed by atoms with Crippen LogP contribution in [0.15, 0.2) is 65.1 Å². The number of carbonyl (C=O) groups excluding carboxylic acids is 2. The lowest BCUT2D eigenvalue weighted by Gasteiger charge is -2.14. The van der Waals surface area contributed by atoms with Crippen LogP contribution in [-0.4, -0.2) is 35.7 Å². The van der Waals surface area contributed by atoms with Gasteiger partial charge in [-0.1, -0.05) is 48.5 Å². The van der Waals surface area contributed by atoms with Crippen molar-refractivity contribution in [3.8, 4) is 11.1 Å². The highest BCUT2D eigenvalue weighted by Gasteiger charge is 2.29. The molecule has 1 atom stereocenters. The fourth-order valence-electron chi connectivity index (χ4n) is 3.73. The van der Waals surface area contributed by atoms with Gasteiger partial charge >= 0.3 is 12.1 Å². The molecule has 164 valence electrons. The number of nitrogens with one attached hydrogen (secondary N) is 2. The Labute approximate surface area is 184 Å². The Hall–Kier alpha value is -4.07. The van der Waals surface area contributed by atoms with Crippen molar-refractivity contribution < 1.29 is 28.6 Å². The van der Waals surface area contributed by atoms with E-state index >= 15 is 0 Å². The Morgan fingerprint density at radius 1 is 1.00 bits per heavy atom. The number of carboxylic acids is 1. The predicted octanol–water partition coefficient (Wildman–Crippen LogP) is 3.52. The SMILES string of the molecule is C[C@H](NC(=O)c1ccc(CNC(=O)OCC2c3ccccc3-c3ccccc32)o1)C(=O)O. The molecule has 0 aliphatic heterocycles. The van der Waals surface area contributed by atoms with Gasteiger partial charge in [0.1, 0.15) is 18.4 Å². The van der Waals surface area contributed by atoms with Crippen LogP contribution in [0.4, 0.5) is 4.79 Å². The third-order valence-corrected chi connectivity index (χ3v) is 5.35. The summed E-state index contributed by atoms with van der Waals surface area (Å²) in [4.78, 5) is 35.1. The van der Waals surface area contributed by atoms with Gasteiger partial charge in [0.15, 0.2) is 5.76 Å². The van der Waals surface area contributed by atoms with Crippen molar-refractivity contribution in [3.05, 3.63) is 83.3 Å².